The van der Waals surface area contributed by atoms with Gasteiger partial charge >= 0.3 is 12.1 Å². The zero-order valence-corrected chi connectivity index (χ0v) is 45.4. The molecule has 422 valence electrons. The molecular weight excluding hydrogens is 983 g/mol. The van der Waals surface area contributed by atoms with E-state index in [9.17, 15) is 19.5 Å². The number of piperidine rings is 1. The van der Waals surface area contributed by atoms with Crippen LogP contribution in [0.2, 0.25) is 0 Å². The fourth-order valence-electron chi connectivity index (χ4n) is 7.66. The number of carboxylic acids is 1. The first kappa shape index (κ1) is 62.7. The number of nitrogens with two attached hydrogens (primary N) is 1. The fraction of sp³-hybridized carbons (Fsp3) is 0.784. The van der Waals surface area contributed by atoms with Crippen molar-refractivity contribution in [1.82, 2.24) is 30.5 Å². The number of aromatic nitrogens is 3. The van der Waals surface area contributed by atoms with E-state index in [1.165, 1.54) is 4.88 Å². The largest absolute Gasteiger partial charge is 0.480 e. The van der Waals surface area contributed by atoms with Crippen LogP contribution >= 0.6 is 11.3 Å². The number of H-pyrrole nitrogens is 1. The molecule has 3 aromatic heterocycles. The molecule has 1 aliphatic heterocycles. The van der Waals surface area contributed by atoms with Crippen molar-refractivity contribution in [2.75, 3.05) is 164 Å². The number of fused-ring (bicyclic) bond motifs is 3. The molecule has 22 nitrogen and oxygen atoms in total. The van der Waals surface area contributed by atoms with E-state index in [4.69, 9.17) is 67.8 Å². The van der Waals surface area contributed by atoms with Crippen molar-refractivity contribution in [2.24, 2.45) is 0 Å². The second-order valence-corrected chi connectivity index (χ2v) is 19.8. The van der Waals surface area contributed by atoms with E-state index in [1.807, 2.05) is 11.3 Å². The summed E-state index contributed by atoms with van der Waals surface area (Å²) < 4.78 is 61.9. The van der Waals surface area contributed by atoms with Gasteiger partial charge in [0.1, 0.15) is 23.0 Å². The van der Waals surface area contributed by atoms with Gasteiger partial charge in [-0.3, -0.25) is 4.79 Å². The van der Waals surface area contributed by atoms with E-state index in [0.717, 1.165) is 78.8 Å². The van der Waals surface area contributed by atoms with Crippen LogP contribution in [-0.2, 0) is 68.1 Å². The maximum absolute atomic E-state index is 12.0. The first-order valence-corrected chi connectivity index (χ1v) is 27.3. The number of nitrogens with one attached hydrogen (secondary N) is 3. The number of aliphatic carboxylic acids is 1. The Kier molecular flexibility index (Phi) is 32.0. The van der Waals surface area contributed by atoms with Crippen molar-refractivity contribution in [2.45, 2.75) is 103 Å². The van der Waals surface area contributed by atoms with Gasteiger partial charge in [-0.25, -0.2) is 19.6 Å². The van der Waals surface area contributed by atoms with Crippen molar-refractivity contribution in [1.29, 1.82) is 0 Å². The molecular formula is C51H87N7O15S. The minimum absolute atomic E-state index is 0.159. The highest BCUT2D eigenvalue weighted by Gasteiger charge is 2.25. The molecule has 0 bridgehead atoms. The number of rotatable bonds is 44. The molecule has 0 spiro atoms. The van der Waals surface area contributed by atoms with Crippen LogP contribution < -0.4 is 16.4 Å². The molecule has 1 atom stereocenters. The number of aryl methyl sites for hydroxylation is 1. The molecule has 1 aliphatic rings. The van der Waals surface area contributed by atoms with Crippen LogP contribution in [0.3, 0.4) is 0 Å². The summed E-state index contributed by atoms with van der Waals surface area (Å²) in [6.07, 6.45) is 6.12. The van der Waals surface area contributed by atoms with Gasteiger partial charge in [0.05, 0.1) is 148 Å². The molecule has 6 N–H and O–H groups in total. The van der Waals surface area contributed by atoms with E-state index in [0.29, 0.717) is 157 Å². The van der Waals surface area contributed by atoms with E-state index in [1.54, 1.807) is 20.8 Å². The number of imidazole rings is 1. The molecule has 2 amide bonds. The number of carbonyl (C=O) groups excluding carboxylic acids is 2. The van der Waals surface area contributed by atoms with Gasteiger partial charge in [-0.05, 0) is 84.4 Å². The Bertz CT molecular complexity index is 1980. The smallest absolute Gasteiger partial charge is 0.408 e. The average Bonchev–Trinajstić information content (AvgIpc) is 4.00. The quantitative estimate of drug-likeness (QED) is 0.0461. The number of carbonyl (C=O) groups is 3. The molecule has 0 saturated carbocycles. The molecule has 23 heteroatoms. The van der Waals surface area contributed by atoms with E-state index < -0.39 is 23.7 Å². The number of carboxylic acid groups (broad SMARTS) is 1. The predicted octanol–water partition coefficient (Wildman–Crippen LogP) is 5.10. The number of nitrogen functional groups attached to an aromatic ring is 1. The number of ether oxygens (including phenoxy) is 11. The Morgan fingerprint density at radius 2 is 1.24 bits per heavy atom. The monoisotopic (exact) mass is 1070 g/mol. The number of thiophene rings is 1. The number of nitrogens with zero attached hydrogens (tertiary/aromatic N) is 3. The number of unbranched alkanes of at least 4 members (excludes halogenated alkanes) is 2. The predicted molar refractivity (Wildman–Crippen MR) is 281 cm³/mol. The van der Waals surface area contributed by atoms with Crippen LogP contribution in [0.25, 0.3) is 21.3 Å². The number of pyridine rings is 1. The Hall–Kier alpha value is -3.85. The zero-order chi connectivity index (χ0) is 53.1. The van der Waals surface area contributed by atoms with Gasteiger partial charge in [-0.2, -0.15) is 0 Å². The molecule has 1 saturated heterocycles. The van der Waals surface area contributed by atoms with Gasteiger partial charge in [0.25, 0.3) is 0 Å². The Labute approximate surface area is 440 Å². The summed E-state index contributed by atoms with van der Waals surface area (Å²) >= 11 is 1.84. The summed E-state index contributed by atoms with van der Waals surface area (Å²) in [5, 5.41) is 14.5. The highest BCUT2D eigenvalue weighted by Crippen LogP contribution is 2.39. The van der Waals surface area contributed by atoms with Crippen molar-refractivity contribution >= 4 is 56.4 Å². The third-order valence-electron chi connectivity index (χ3n) is 11.6. The lowest BCUT2D eigenvalue weighted by molar-refractivity contribution is -0.139. The normalized spacial score (nSPS) is 14.1. The van der Waals surface area contributed by atoms with Gasteiger partial charge in [0.2, 0.25) is 5.91 Å². The third kappa shape index (κ3) is 27.3. The summed E-state index contributed by atoms with van der Waals surface area (Å²) in [6, 6.07) is 1.18. The first-order chi connectivity index (χ1) is 35.9. The number of aromatic amines is 1. The lowest BCUT2D eigenvalue weighted by atomic mass is 9.95. The molecule has 4 heterocycles. The summed E-state index contributed by atoms with van der Waals surface area (Å²) in [4.78, 5) is 52.2. The topological polar surface area (TPSA) is 268 Å². The SMILES string of the molecule is CCCCc1nc2c(N)nc3cc(C4CCN(CCOCCOCCOCCOCCOCCOCCOCCOCCOCCOCCC(=O)NCCCC[C@H](NC(=O)OC(C)(C)C)C(=O)O)CC4)sc3c2[nH]1. The van der Waals surface area contributed by atoms with Crippen LogP contribution in [0.1, 0.15) is 95.7 Å². The molecule has 0 radical (unpaired) electrons. The highest BCUT2D eigenvalue weighted by atomic mass is 32.1. The van der Waals surface area contributed by atoms with Crippen molar-refractivity contribution < 1.29 is 71.6 Å². The molecule has 1 fully saturated rings. The Morgan fingerprint density at radius 3 is 1.73 bits per heavy atom. The molecule has 74 heavy (non-hydrogen) atoms. The minimum Gasteiger partial charge on any atom is -0.480 e. The molecule has 0 unspecified atom stereocenters. The maximum Gasteiger partial charge on any atom is 0.408 e. The maximum atomic E-state index is 12.0. The van der Waals surface area contributed by atoms with Gasteiger partial charge in [-0.1, -0.05) is 13.3 Å². The van der Waals surface area contributed by atoms with E-state index >= 15 is 0 Å². The van der Waals surface area contributed by atoms with E-state index in [-0.39, 0.29) is 25.4 Å². The second kappa shape index (κ2) is 37.8. The summed E-state index contributed by atoms with van der Waals surface area (Å²) in [7, 11) is 0. The lowest BCUT2D eigenvalue weighted by Gasteiger charge is -2.31. The second-order valence-electron chi connectivity index (χ2n) is 18.7. The van der Waals surface area contributed by atoms with Crippen molar-refractivity contribution in [3.8, 4) is 0 Å². The number of amides is 2. The zero-order valence-electron chi connectivity index (χ0n) is 44.6. The first-order valence-electron chi connectivity index (χ1n) is 26.5. The molecule has 0 aliphatic carbocycles. The van der Waals surface area contributed by atoms with Crippen molar-refractivity contribution in [3.63, 3.8) is 0 Å². The summed E-state index contributed by atoms with van der Waals surface area (Å²) in [5.74, 6) is 0.734. The van der Waals surface area contributed by atoms with Gasteiger partial charge in [0, 0.05) is 30.8 Å². The van der Waals surface area contributed by atoms with Crippen LogP contribution in [0.4, 0.5) is 10.6 Å². The number of likely N-dealkylation sites (tertiary alicyclic amines) is 1. The molecule has 3 aromatic rings. The van der Waals surface area contributed by atoms with Gasteiger partial charge in [0.15, 0.2) is 5.82 Å². The summed E-state index contributed by atoms with van der Waals surface area (Å²) in [5.41, 5.74) is 8.38. The van der Waals surface area contributed by atoms with Crippen LogP contribution in [0.5, 0.6) is 0 Å². The van der Waals surface area contributed by atoms with Crippen LogP contribution in [0, 0.1) is 0 Å². The minimum atomic E-state index is -1.14. The number of hydrogen-bond donors (Lipinski definition) is 5. The fourth-order valence-corrected chi connectivity index (χ4v) is 8.93. The molecule has 4 rings (SSSR count). The third-order valence-corrected chi connectivity index (χ3v) is 12.9. The van der Waals surface area contributed by atoms with Crippen molar-refractivity contribution in [3.05, 3.63) is 16.8 Å². The summed E-state index contributed by atoms with van der Waals surface area (Å²) in [6.45, 7) is 20.1. The number of anilines is 1. The number of alkyl carbamates (subject to hydrolysis) is 1. The van der Waals surface area contributed by atoms with Gasteiger partial charge < -0.3 is 83.5 Å². The van der Waals surface area contributed by atoms with E-state index in [2.05, 4.69) is 33.5 Å². The lowest BCUT2D eigenvalue weighted by Crippen LogP contribution is -2.43. The average molecular weight is 1070 g/mol. The standard InChI is InChI=1S/C51H87N7O15S/c1-5-6-10-43-56-45-46(57-43)48(52)54-41-38-42(74-47(41)45)39-11-15-58(16-12-39)17-19-64-21-23-66-25-27-68-29-31-70-33-35-72-37-36-71-34-32-69-30-28-67-26-24-65-22-20-63-18-13-44(59)53-14-8-7-9-40(49(60)61)55-50(62)73-51(2,3)4/h38-40H,5-37H2,1-4H3,(H2,52,54)(H,53,59)(H,55,62)(H,56,57)(H,60,61)/t40-/m0/s1. The van der Waals surface area contributed by atoms with Crippen LogP contribution in [-0.4, -0.2) is 213 Å². The Morgan fingerprint density at radius 1 is 0.743 bits per heavy atom. The van der Waals surface area contributed by atoms with Crippen LogP contribution in [0.15, 0.2) is 6.07 Å². The Balaban J connectivity index is 0.797. The molecule has 0 aromatic carbocycles. The highest BCUT2D eigenvalue weighted by molar-refractivity contribution is 7.20. The van der Waals surface area contributed by atoms with Gasteiger partial charge in [-0.15, -0.1) is 11.3 Å². The number of hydrogen-bond acceptors (Lipinski definition) is 19.